The molecule has 1 aromatic heterocycles. The van der Waals surface area contributed by atoms with Crippen molar-refractivity contribution in [2.24, 2.45) is 0 Å². The van der Waals surface area contributed by atoms with Crippen molar-refractivity contribution in [2.75, 3.05) is 24.1 Å². The van der Waals surface area contributed by atoms with Crippen molar-refractivity contribution in [1.82, 2.24) is 4.98 Å². The van der Waals surface area contributed by atoms with E-state index in [9.17, 15) is 14.7 Å². The summed E-state index contributed by atoms with van der Waals surface area (Å²) in [5.74, 6) is -0.366. The Morgan fingerprint density at radius 1 is 1.12 bits per heavy atom. The first-order valence-electron chi connectivity index (χ1n) is 7.70. The minimum Gasteiger partial charge on any atom is -0.507 e. The molecule has 0 radical (unpaired) electrons. The van der Waals surface area contributed by atoms with Crippen LogP contribution >= 0.6 is 10.0 Å². The summed E-state index contributed by atoms with van der Waals surface area (Å²) in [6.07, 6.45) is 7.65. The Hall–Kier alpha value is -2.73. The molecule has 0 aliphatic carbocycles. The largest absolute Gasteiger partial charge is 0.507 e. The standard InChI is InChI=1S/C19H20N2O3S/c1-25(2,3)17-9-8-12(10-16(17)22)21-19(24)14-11-20-15-7-5-4-6-13(15)18(14)23/h4-11,22H,1-3H3,(H,20,23)(H,21,24). The number of hydrogen-bond acceptors (Lipinski definition) is 3. The molecule has 25 heavy (non-hydrogen) atoms. The Morgan fingerprint density at radius 2 is 1.84 bits per heavy atom. The van der Waals surface area contributed by atoms with Crippen LogP contribution in [0.5, 0.6) is 5.75 Å². The molecule has 2 aromatic carbocycles. The second kappa shape index (κ2) is 6.29. The first-order valence-corrected chi connectivity index (χ1v) is 10.6. The number of phenols is 1. The van der Waals surface area contributed by atoms with E-state index in [1.807, 2.05) is 12.1 Å². The molecule has 0 unspecified atom stereocenters. The van der Waals surface area contributed by atoms with Gasteiger partial charge in [0.05, 0.1) is 0 Å². The van der Waals surface area contributed by atoms with Crippen LogP contribution in [0.3, 0.4) is 0 Å². The van der Waals surface area contributed by atoms with E-state index in [4.69, 9.17) is 0 Å². The first-order chi connectivity index (χ1) is 11.8. The molecule has 0 atom stereocenters. The van der Waals surface area contributed by atoms with Gasteiger partial charge in [0.25, 0.3) is 5.91 Å². The predicted molar refractivity (Wildman–Crippen MR) is 104 cm³/mol. The number of nitrogens with one attached hydrogen (secondary N) is 2. The maximum Gasteiger partial charge on any atom is 0.261 e. The van der Waals surface area contributed by atoms with E-state index in [0.29, 0.717) is 16.6 Å². The molecule has 5 nitrogen and oxygen atoms in total. The van der Waals surface area contributed by atoms with Crippen LogP contribution in [0.15, 0.2) is 58.4 Å². The van der Waals surface area contributed by atoms with Gasteiger partial charge in [-0.05, 0) is 43.0 Å². The fourth-order valence-corrected chi connectivity index (χ4v) is 3.81. The Labute approximate surface area is 147 Å². The molecule has 0 fully saturated rings. The van der Waals surface area contributed by atoms with E-state index in [-0.39, 0.29) is 16.7 Å². The van der Waals surface area contributed by atoms with E-state index >= 15 is 0 Å². The molecule has 6 heteroatoms. The average molecular weight is 356 g/mol. The SMILES string of the molecule is CS(C)(C)c1ccc(NC(=O)c2c[nH]c3ccccc3c2=O)cc1O. The maximum absolute atomic E-state index is 12.5. The van der Waals surface area contributed by atoms with Gasteiger partial charge in [0.2, 0.25) is 5.43 Å². The quantitative estimate of drug-likeness (QED) is 0.671. The maximum atomic E-state index is 12.5. The molecular formula is C19H20N2O3S. The van der Waals surface area contributed by atoms with Gasteiger partial charge in [0, 0.05) is 33.7 Å². The highest BCUT2D eigenvalue weighted by molar-refractivity contribution is 8.32. The molecule has 0 saturated heterocycles. The number of aromatic amines is 1. The van der Waals surface area contributed by atoms with Crippen LogP contribution in [0.25, 0.3) is 10.9 Å². The third-order valence-corrected chi connectivity index (χ3v) is 5.57. The molecule has 0 aliphatic heterocycles. The van der Waals surface area contributed by atoms with Gasteiger partial charge in [0.1, 0.15) is 11.3 Å². The fraction of sp³-hybridized carbons (Fsp3) is 0.158. The van der Waals surface area contributed by atoms with Gasteiger partial charge in [-0.2, -0.15) is 0 Å². The predicted octanol–water partition coefficient (Wildman–Crippen LogP) is 3.54. The molecule has 1 amide bonds. The van der Waals surface area contributed by atoms with Crippen molar-refractivity contribution in [3.8, 4) is 5.75 Å². The highest BCUT2D eigenvalue weighted by atomic mass is 32.3. The van der Waals surface area contributed by atoms with E-state index < -0.39 is 15.9 Å². The van der Waals surface area contributed by atoms with E-state index in [0.717, 1.165) is 4.90 Å². The van der Waals surface area contributed by atoms with Crippen molar-refractivity contribution in [3.63, 3.8) is 0 Å². The minimum atomic E-state index is -1.08. The third kappa shape index (κ3) is 3.39. The monoisotopic (exact) mass is 356 g/mol. The summed E-state index contributed by atoms with van der Waals surface area (Å²) in [7, 11) is -1.08. The van der Waals surface area contributed by atoms with Crippen LogP contribution in [0, 0.1) is 0 Å². The van der Waals surface area contributed by atoms with Gasteiger partial charge in [-0.1, -0.05) is 12.1 Å². The van der Waals surface area contributed by atoms with Crippen LogP contribution in [0.4, 0.5) is 5.69 Å². The lowest BCUT2D eigenvalue weighted by molar-refractivity contribution is 0.102. The highest BCUT2D eigenvalue weighted by Crippen LogP contribution is 2.50. The summed E-state index contributed by atoms with van der Waals surface area (Å²) in [4.78, 5) is 28.8. The van der Waals surface area contributed by atoms with E-state index in [1.165, 1.54) is 12.3 Å². The van der Waals surface area contributed by atoms with Crippen molar-refractivity contribution in [3.05, 3.63) is 64.4 Å². The Morgan fingerprint density at radius 3 is 2.52 bits per heavy atom. The van der Waals surface area contributed by atoms with Crippen LogP contribution in [-0.2, 0) is 0 Å². The van der Waals surface area contributed by atoms with Gasteiger partial charge in [-0.3, -0.25) is 9.59 Å². The number of carbonyl (C=O) groups is 1. The lowest BCUT2D eigenvalue weighted by Gasteiger charge is -2.26. The van der Waals surface area contributed by atoms with Gasteiger partial charge in [0.15, 0.2) is 0 Å². The third-order valence-electron chi connectivity index (χ3n) is 3.91. The molecule has 0 saturated carbocycles. The first kappa shape index (κ1) is 17.1. The smallest absolute Gasteiger partial charge is 0.261 e. The number of carbonyl (C=O) groups excluding carboxylic acids is 1. The van der Waals surface area contributed by atoms with Crippen LogP contribution < -0.4 is 10.7 Å². The number of aromatic hydroxyl groups is 1. The normalized spacial score (nSPS) is 12.1. The lowest BCUT2D eigenvalue weighted by atomic mass is 10.1. The minimum absolute atomic E-state index is 0.0312. The number of rotatable bonds is 3. The van der Waals surface area contributed by atoms with Crippen molar-refractivity contribution in [1.29, 1.82) is 0 Å². The fourth-order valence-electron chi connectivity index (χ4n) is 2.65. The number of H-pyrrole nitrogens is 1. The van der Waals surface area contributed by atoms with Gasteiger partial charge in [-0.25, -0.2) is 10.0 Å². The lowest BCUT2D eigenvalue weighted by Crippen LogP contribution is -2.21. The number of pyridine rings is 1. The van der Waals surface area contributed by atoms with Crippen molar-refractivity contribution in [2.45, 2.75) is 4.90 Å². The molecule has 0 aliphatic rings. The number of hydrogen-bond donors (Lipinski definition) is 3. The molecule has 3 aromatic rings. The van der Waals surface area contributed by atoms with Crippen molar-refractivity contribution >= 4 is 32.5 Å². The molecule has 1 heterocycles. The summed E-state index contributed by atoms with van der Waals surface area (Å²) in [6.45, 7) is 0. The molecule has 3 N–H and O–H groups in total. The van der Waals surface area contributed by atoms with Crippen LogP contribution in [-0.4, -0.2) is 34.8 Å². The van der Waals surface area contributed by atoms with Gasteiger partial charge in [-0.15, -0.1) is 0 Å². The van der Waals surface area contributed by atoms with Crippen LogP contribution in [0.1, 0.15) is 10.4 Å². The Bertz CT molecular complexity index is 1020. The molecule has 0 spiro atoms. The molecule has 130 valence electrons. The summed E-state index contributed by atoms with van der Waals surface area (Å²) < 4.78 is 0. The highest BCUT2D eigenvalue weighted by Gasteiger charge is 2.16. The van der Waals surface area contributed by atoms with E-state index in [1.54, 1.807) is 24.3 Å². The number of phenolic OH excluding ortho intramolecular Hbond substituents is 1. The number of benzene rings is 2. The summed E-state index contributed by atoms with van der Waals surface area (Å²) in [5.41, 5.74) is 0.831. The summed E-state index contributed by atoms with van der Waals surface area (Å²) in [6, 6.07) is 12.1. The molecule has 0 bridgehead atoms. The number of aromatic nitrogens is 1. The topological polar surface area (TPSA) is 82.2 Å². The zero-order valence-corrected chi connectivity index (χ0v) is 15.1. The number of fused-ring (bicyclic) bond motifs is 1. The van der Waals surface area contributed by atoms with Crippen LogP contribution in [0.2, 0.25) is 0 Å². The Kier molecular flexibility index (Phi) is 4.30. The van der Waals surface area contributed by atoms with E-state index in [2.05, 4.69) is 29.1 Å². The zero-order chi connectivity index (χ0) is 18.2. The number of anilines is 1. The molecule has 3 rings (SSSR count). The van der Waals surface area contributed by atoms with Crippen molar-refractivity contribution < 1.29 is 9.90 Å². The second-order valence-electron chi connectivity index (χ2n) is 6.55. The second-order valence-corrected chi connectivity index (χ2v) is 10.7. The van der Waals surface area contributed by atoms with Gasteiger partial charge < -0.3 is 15.4 Å². The Balaban J connectivity index is 1.92. The number of amides is 1. The average Bonchev–Trinajstić information content (AvgIpc) is 2.54. The zero-order valence-electron chi connectivity index (χ0n) is 14.3. The molecular weight excluding hydrogens is 336 g/mol. The summed E-state index contributed by atoms with van der Waals surface area (Å²) >= 11 is 0. The van der Waals surface area contributed by atoms with Gasteiger partial charge >= 0.3 is 0 Å². The summed E-state index contributed by atoms with van der Waals surface area (Å²) in [5, 5.41) is 13.3. The number of para-hydroxylation sites is 1.